The monoisotopic (exact) mass is 490 g/mol. The van der Waals surface area contributed by atoms with Crippen molar-refractivity contribution >= 4 is 27.6 Å². The Morgan fingerprint density at radius 2 is 1.76 bits per heavy atom. The molecule has 0 amide bonds. The molecule has 2 bridgehead atoms. The van der Waals surface area contributed by atoms with Crippen LogP contribution in [0.25, 0.3) is 0 Å². The van der Waals surface area contributed by atoms with E-state index >= 15 is 0 Å². The SMILES string of the molecule is O=S(=O)(NCC1CC2CCN1CC2CN1CCN(c2ncccn2)CC1)c1ccc(Cl)cc1. The Labute approximate surface area is 201 Å². The number of aromatic nitrogens is 2. The van der Waals surface area contributed by atoms with Crippen molar-refractivity contribution in [1.29, 1.82) is 0 Å². The van der Waals surface area contributed by atoms with Crippen molar-refractivity contribution in [2.75, 3.05) is 57.3 Å². The summed E-state index contributed by atoms with van der Waals surface area (Å²) in [6.45, 7) is 7.68. The van der Waals surface area contributed by atoms with E-state index in [9.17, 15) is 8.42 Å². The van der Waals surface area contributed by atoms with Gasteiger partial charge in [-0.1, -0.05) is 11.6 Å². The number of rotatable bonds is 7. The smallest absolute Gasteiger partial charge is 0.240 e. The molecular formula is C23H31ClN6O2S. The Bertz CT molecular complexity index is 1030. The number of benzene rings is 1. The highest BCUT2D eigenvalue weighted by molar-refractivity contribution is 7.89. The Morgan fingerprint density at radius 3 is 2.42 bits per heavy atom. The number of anilines is 1. The van der Waals surface area contributed by atoms with Crippen LogP contribution in [0, 0.1) is 11.8 Å². The molecule has 4 aliphatic heterocycles. The predicted molar refractivity (Wildman–Crippen MR) is 129 cm³/mol. The average Bonchev–Trinajstić information content (AvgIpc) is 2.85. The van der Waals surface area contributed by atoms with Crippen molar-refractivity contribution in [3.63, 3.8) is 0 Å². The van der Waals surface area contributed by atoms with Crippen LogP contribution < -0.4 is 9.62 Å². The van der Waals surface area contributed by atoms with E-state index in [4.69, 9.17) is 11.6 Å². The first-order valence-electron chi connectivity index (χ1n) is 11.7. The van der Waals surface area contributed by atoms with Crippen molar-refractivity contribution in [3.05, 3.63) is 47.7 Å². The maximum atomic E-state index is 12.7. The second-order valence-electron chi connectivity index (χ2n) is 9.34. The summed E-state index contributed by atoms with van der Waals surface area (Å²) in [7, 11) is -3.52. The average molecular weight is 491 g/mol. The van der Waals surface area contributed by atoms with Gasteiger partial charge in [-0.3, -0.25) is 9.80 Å². The normalized spacial score (nSPS) is 28.2. The third-order valence-electron chi connectivity index (χ3n) is 7.35. The number of hydrogen-bond donors (Lipinski definition) is 1. The Morgan fingerprint density at radius 1 is 1.03 bits per heavy atom. The van der Waals surface area contributed by atoms with E-state index in [1.165, 1.54) is 6.42 Å². The van der Waals surface area contributed by atoms with E-state index in [1.54, 1.807) is 36.7 Å². The first kappa shape index (κ1) is 23.0. The van der Waals surface area contributed by atoms with Crippen LogP contribution in [0.2, 0.25) is 5.02 Å². The highest BCUT2D eigenvalue weighted by Gasteiger charge is 2.41. The maximum Gasteiger partial charge on any atom is 0.240 e. The molecule has 5 heterocycles. The lowest BCUT2D eigenvalue weighted by molar-refractivity contribution is -0.0108. The minimum atomic E-state index is -3.52. The fourth-order valence-corrected chi connectivity index (χ4v) is 6.69. The Kier molecular flexibility index (Phi) is 6.85. The quantitative estimate of drug-likeness (QED) is 0.635. The molecule has 2 aromatic rings. The molecule has 4 atom stereocenters. The molecule has 0 radical (unpaired) electrons. The zero-order valence-corrected chi connectivity index (χ0v) is 20.3. The zero-order valence-electron chi connectivity index (χ0n) is 18.7. The molecule has 4 unspecified atom stereocenters. The lowest BCUT2D eigenvalue weighted by atomic mass is 9.75. The molecule has 0 aliphatic carbocycles. The standard InChI is InChI=1S/C23H31ClN6O2S/c24-20-2-4-22(5-3-20)33(31,32)27-15-21-14-18-6-9-30(21)17-19(18)16-28-10-12-29(13-11-28)23-25-7-1-8-26-23/h1-5,7-8,18-19,21,27H,6,9-17H2. The minimum absolute atomic E-state index is 0.265. The van der Waals surface area contributed by atoms with Gasteiger partial charge in [0.15, 0.2) is 0 Å². The predicted octanol–water partition coefficient (Wildman–Crippen LogP) is 1.94. The first-order valence-corrected chi connectivity index (χ1v) is 13.6. The molecule has 0 spiro atoms. The highest BCUT2D eigenvalue weighted by atomic mass is 35.5. The van der Waals surface area contributed by atoms with Crippen LogP contribution in [-0.2, 0) is 10.0 Å². The maximum absolute atomic E-state index is 12.7. The highest BCUT2D eigenvalue weighted by Crippen LogP contribution is 2.36. The number of piperazine rings is 1. The Hall–Kier alpha value is -1.78. The largest absolute Gasteiger partial charge is 0.338 e. The summed E-state index contributed by atoms with van der Waals surface area (Å²) in [4.78, 5) is 16.3. The van der Waals surface area contributed by atoms with Gasteiger partial charge < -0.3 is 4.90 Å². The third-order valence-corrected chi connectivity index (χ3v) is 9.04. The van der Waals surface area contributed by atoms with Crippen LogP contribution in [0.1, 0.15) is 12.8 Å². The van der Waals surface area contributed by atoms with Gasteiger partial charge in [-0.25, -0.2) is 23.1 Å². The third kappa shape index (κ3) is 5.33. The molecule has 4 saturated heterocycles. The second kappa shape index (κ2) is 9.84. The molecule has 6 rings (SSSR count). The molecule has 1 aromatic heterocycles. The summed E-state index contributed by atoms with van der Waals surface area (Å²) in [5, 5.41) is 0.533. The van der Waals surface area contributed by atoms with Gasteiger partial charge in [0.25, 0.3) is 0 Å². The van der Waals surface area contributed by atoms with Crippen LogP contribution in [0.15, 0.2) is 47.6 Å². The van der Waals surface area contributed by atoms with Crippen LogP contribution in [0.5, 0.6) is 0 Å². The van der Waals surface area contributed by atoms with E-state index in [1.807, 2.05) is 6.07 Å². The van der Waals surface area contributed by atoms with Gasteiger partial charge in [0.1, 0.15) is 0 Å². The summed E-state index contributed by atoms with van der Waals surface area (Å²) >= 11 is 5.89. The van der Waals surface area contributed by atoms with E-state index in [0.29, 0.717) is 23.4 Å². The van der Waals surface area contributed by atoms with Crippen molar-refractivity contribution in [3.8, 4) is 0 Å². The second-order valence-corrected chi connectivity index (χ2v) is 11.5. The molecule has 33 heavy (non-hydrogen) atoms. The minimum Gasteiger partial charge on any atom is -0.338 e. The van der Waals surface area contributed by atoms with Gasteiger partial charge in [0, 0.05) is 69.3 Å². The van der Waals surface area contributed by atoms with Crippen molar-refractivity contribution in [1.82, 2.24) is 24.5 Å². The molecule has 1 N–H and O–H groups in total. The number of fused-ring (bicyclic) bond motifs is 3. The lowest BCUT2D eigenvalue weighted by Crippen LogP contribution is -2.59. The van der Waals surface area contributed by atoms with E-state index in [0.717, 1.165) is 58.2 Å². The fraction of sp³-hybridized carbons (Fsp3) is 0.565. The lowest BCUT2D eigenvalue weighted by Gasteiger charge is -2.51. The molecule has 8 nitrogen and oxygen atoms in total. The van der Waals surface area contributed by atoms with Gasteiger partial charge in [-0.05, 0) is 61.6 Å². The van der Waals surface area contributed by atoms with E-state index in [2.05, 4.69) is 29.4 Å². The van der Waals surface area contributed by atoms with Crippen LogP contribution in [0.3, 0.4) is 0 Å². The van der Waals surface area contributed by atoms with Crippen molar-refractivity contribution < 1.29 is 8.42 Å². The molecule has 10 heteroatoms. The Balaban J connectivity index is 1.11. The summed E-state index contributed by atoms with van der Waals surface area (Å²) in [6.07, 6.45) is 5.87. The number of nitrogens with zero attached hydrogens (tertiary/aromatic N) is 5. The number of nitrogens with one attached hydrogen (secondary N) is 1. The first-order chi connectivity index (χ1) is 16.0. The van der Waals surface area contributed by atoms with Crippen molar-refractivity contribution in [2.24, 2.45) is 11.8 Å². The topological polar surface area (TPSA) is 81.7 Å². The molecule has 4 aliphatic rings. The van der Waals surface area contributed by atoms with Crippen LogP contribution in [0.4, 0.5) is 5.95 Å². The summed E-state index contributed by atoms with van der Waals surface area (Å²) in [6, 6.07) is 8.45. The summed E-state index contributed by atoms with van der Waals surface area (Å²) < 4.78 is 28.1. The summed E-state index contributed by atoms with van der Waals surface area (Å²) in [5.74, 6) is 2.14. The van der Waals surface area contributed by atoms with Gasteiger partial charge in [0.05, 0.1) is 4.90 Å². The van der Waals surface area contributed by atoms with E-state index in [-0.39, 0.29) is 10.9 Å². The van der Waals surface area contributed by atoms with Gasteiger partial charge in [-0.15, -0.1) is 0 Å². The molecule has 0 saturated carbocycles. The number of hydrogen-bond acceptors (Lipinski definition) is 7. The molecular weight excluding hydrogens is 460 g/mol. The number of halogens is 1. The van der Waals surface area contributed by atoms with Gasteiger partial charge in [0.2, 0.25) is 16.0 Å². The number of sulfonamides is 1. The van der Waals surface area contributed by atoms with Gasteiger partial charge in [-0.2, -0.15) is 0 Å². The van der Waals surface area contributed by atoms with E-state index < -0.39 is 10.0 Å². The van der Waals surface area contributed by atoms with Crippen LogP contribution in [-0.4, -0.2) is 86.6 Å². The molecule has 1 aromatic carbocycles. The fourth-order valence-electron chi connectivity index (χ4n) is 5.49. The van der Waals surface area contributed by atoms with Crippen molar-refractivity contribution in [2.45, 2.75) is 23.8 Å². The molecule has 178 valence electrons. The van der Waals surface area contributed by atoms with Gasteiger partial charge >= 0.3 is 0 Å². The number of piperidine rings is 3. The zero-order chi connectivity index (χ0) is 22.8. The summed E-state index contributed by atoms with van der Waals surface area (Å²) in [5.41, 5.74) is 0. The van der Waals surface area contributed by atoms with Crippen LogP contribution >= 0.6 is 11.6 Å². The molecule has 4 fully saturated rings.